The van der Waals surface area contributed by atoms with E-state index in [0.717, 1.165) is 69.9 Å². The van der Waals surface area contributed by atoms with Crippen LogP contribution in [0.3, 0.4) is 0 Å². The average molecular weight is 414 g/mol. The summed E-state index contributed by atoms with van der Waals surface area (Å²) in [5.74, 6) is 1.64. The van der Waals surface area contributed by atoms with Crippen LogP contribution >= 0.6 is 0 Å². The molecule has 4 heterocycles. The van der Waals surface area contributed by atoms with E-state index in [4.69, 9.17) is 9.47 Å². The van der Waals surface area contributed by atoms with Crippen LogP contribution in [0.4, 0.5) is 0 Å². The highest BCUT2D eigenvalue weighted by molar-refractivity contribution is 6.05. The Morgan fingerprint density at radius 2 is 1.63 bits per heavy atom. The molecule has 0 N–H and O–H groups in total. The van der Waals surface area contributed by atoms with Crippen LogP contribution in [0.25, 0.3) is 0 Å². The highest BCUT2D eigenvalue weighted by Gasteiger charge is 2.54. The topological polar surface area (TPSA) is 62.3 Å². The molecule has 4 aliphatic heterocycles. The molecule has 3 saturated heterocycles. The molecule has 0 saturated carbocycles. The summed E-state index contributed by atoms with van der Waals surface area (Å²) in [5.41, 5.74) is -0.504. The minimum atomic E-state index is -0.504. The summed E-state index contributed by atoms with van der Waals surface area (Å²) >= 11 is 0. The lowest BCUT2D eigenvalue weighted by Gasteiger charge is -2.39. The number of para-hydroxylation sites is 2. The van der Waals surface area contributed by atoms with Crippen molar-refractivity contribution in [3.05, 3.63) is 24.3 Å². The summed E-state index contributed by atoms with van der Waals surface area (Å²) in [4.78, 5) is 28.5. The monoisotopic (exact) mass is 413 g/mol. The number of ether oxygens (including phenoxy) is 2. The number of fused-ring (bicyclic) bond motifs is 1. The fraction of sp³-hybridized carbons (Fsp3) is 0.652. The Morgan fingerprint density at radius 1 is 0.933 bits per heavy atom. The van der Waals surface area contributed by atoms with Gasteiger partial charge in [-0.05, 0) is 50.9 Å². The Kier molecular flexibility index (Phi) is 5.41. The lowest BCUT2D eigenvalue weighted by Crippen LogP contribution is -2.51. The molecule has 2 amide bonds. The number of nitrogens with zero attached hydrogens (tertiary/aromatic N) is 3. The molecule has 1 aromatic rings. The first-order valence-corrected chi connectivity index (χ1v) is 11.4. The van der Waals surface area contributed by atoms with E-state index in [2.05, 4.69) is 4.90 Å². The van der Waals surface area contributed by atoms with Crippen LogP contribution < -0.4 is 9.47 Å². The number of benzene rings is 1. The number of hydrogen-bond donors (Lipinski definition) is 0. The van der Waals surface area contributed by atoms with Gasteiger partial charge >= 0.3 is 0 Å². The maximum atomic E-state index is 13.3. The smallest absolute Gasteiger partial charge is 0.250 e. The van der Waals surface area contributed by atoms with Crippen LogP contribution in [0.1, 0.15) is 44.9 Å². The van der Waals surface area contributed by atoms with Gasteiger partial charge in [0.15, 0.2) is 11.5 Å². The third kappa shape index (κ3) is 3.69. The lowest BCUT2D eigenvalue weighted by molar-refractivity contribution is -0.161. The van der Waals surface area contributed by atoms with Gasteiger partial charge in [0.25, 0.3) is 5.91 Å². The Hall–Kier alpha value is -2.12. The second-order valence-corrected chi connectivity index (χ2v) is 9.13. The first kappa shape index (κ1) is 19.8. The van der Waals surface area contributed by atoms with Crippen molar-refractivity contribution in [2.24, 2.45) is 5.41 Å². The van der Waals surface area contributed by atoms with Crippen LogP contribution in [0.2, 0.25) is 0 Å². The van der Waals surface area contributed by atoms with E-state index in [0.29, 0.717) is 13.0 Å². The number of piperidine rings is 1. The van der Waals surface area contributed by atoms with Gasteiger partial charge in [0.05, 0.1) is 5.41 Å². The largest absolute Gasteiger partial charge is 0.486 e. The molecule has 0 bridgehead atoms. The fourth-order valence-electron chi connectivity index (χ4n) is 5.31. The summed E-state index contributed by atoms with van der Waals surface area (Å²) in [6.45, 7) is 4.59. The molecule has 1 unspecified atom stereocenters. The molecule has 1 aromatic carbocycles. The average Bonchev–Trinajstić information content (AvgIpc) is 2.94. The van der Waals surface area contributed by atoms with Crippen LogP contribution in [0.15, 0.2) is 24.3 Å². The van der Waals surface area contributed by atoms with Gasteiger partial charge in [-0.15, -0.1) is 0 Å². The van der Waals surface area contributed by atoms with E-state index in [-0.39, 0.29) is 17.9 Å². The molecule has 5 rings (SSSR count). The summed E-state index contributed by atoms with van der Waals surface area (Å²) in [6.07, 6.45) is 6.33. The lowest BCUT2D eigenvalue weighted by atomic mass is 9.77. The van der Waals surface area contributed by atoms with Crippen molar-refractivity contribution >= 4 is 11.8 Å². The Bertz CT molecular complexity index is 797. The summed E-state index contributed by atoms with van der Waals surface area (Å²) in [7, 11) is 0. The van der Waals surface area contributed by atoms with Gasteiger partial charge in [-0.1, -0.05) is 25.0 Å². The minimum absolute atomic E-state index is 0.00373. The van der Waals surface area contributed by atoms with Crippen LogP contribution in [-0.2, 0) is 9.59 Å². The van der Waals surface area contributed by atoms with Gasteiger partial charge in [0, 0.05) is 26.1 Å². The Labute approximate surface area is 177 Å². The van der Waals surface area contributed by atoms with Gasteiger partial charge < -0.3 is 9.47 Å². The number of carbonyl (C=O) groups excluding carboxylic acids is 2. The van der Waals surface area contributed by atoms with E-state index >= 15 is 0 Å². The van der Waals surface area contributed by atoms with Gasteiger partial charge in [-0.3, -0.25) is 14.5 Å². The molecule has 0 aliphatic carbocycles. The van der Waals surface area contributed by atoms with Gasteiger partial charge in [0.1, 0.15) is 12.7 Å². The minimum Gasteiger partial charge on any atom is -0.486 e. The highest BCUT2D eigenvalue weighted by Crippen LogP contribution is 2.43. The van der Waals surface area contributed by atoms with Crippen LogP contribution in [-0.4, -0.2) is 72.2 Å². The number of amides is 2. The third-order valence-corrected chi connectivity index (χ3v) is 7.08. The van der Waals surface area contributed by atoms with E-state index < -0.39 is 5.41 Å². The zero-order chi connectivity index (χ0) is 20.6. The van der Waals surface area contributed by atoms with Crippen molar-refractivity contribution in [1.29, 1.82) is 0 Å². The molecule has 4 aliphatic rings. The fourth-order valence-corrected chi connectivity index (χ4v) is 5.31. The first-order chi connectivity index (χ1) is 14.6. The third-order valence-electron chi connectivity index (χ3n) is 7.08. The van der Waals surface area contributed by atoms with Crippen molar-refractivity contribution in [3.63, 3.8) is 0 Å². The number of hydrogen-bond acceptors (Lipinski definition) is 6. The predicted molar refractivity (Wildman–Crippen MR) is 111 cm³/mol. The van der Waals surface area contributed by atoms with E-state index in [9.17, 15) is 9.59 Å². The highest BCUT2D eigenvalue weighted by atomic mass is 16.6. The maximum Gasteiger partial charge on any atom is 0.250 e. The molecule has 162 valence electrons. The molecule has 7 nitrogen and oxygen atoms in total. The maximum absolute atomic E-state index is 13.3. The summed E-state index contributed by atoms with van der Waals surface area (Å²) < 4.78 is 11.9. The van der Waals surface area contributed by atoms with E-state index in [1.54, 1.807) is 0 Å². The van der Waals surface area contributed by atoms with Crippen molar-refractivity contribution < 1.29 is 19.1 Å². The molecule has 0 radical (unpaired) electrons. The second-order valence-electron chi connectivity index (χ2n) is 9.13. The van der Waals surface area contributed by atoms with Crippen molar-refractivity contribution in [3.8, 4) is 11.5 Å². The summed E-state index contributed by atoms with van der Waals surface area (Å²) in [5, 5.41) is 3.53. The van der Waals surface area contributed by atoms with Crippen molar-refractivity contribution in [2.45, 2.75) is 51.0 Å². The second kappa shape index (κ2) is 8.19. The quantitative estimate of drug-likeness (QED) is 0.710. The zero-order valence-corrected chi connectivity index (χ0v) is 17.6. The molecule has 30 heavy (non-hydrogen) atoms. The number of carbonyl (C=O) groups is 2. The molecule has 1 spiro atoms. The standard InChI is InChI=1S/C23H31N3O4/c27-21-15-23(22(28)26(21)25-11-5-1-2-6-12-25)9-13-24(14-10-23)16-18-17-29-19-7-3-4-8-20(19)30-18/h3-4,7-8,18H,1-2,5-6,9-17H2. The van der Waals surface area contributed by atoms with Crippen LogP contribution in [0.5, 0.6) is 11.5 Å². The van der Waals surface area contributed by atoms with E-state index in [1.807, 2.05) is 29.3 Å². The normalized spacial score (nSPS) is 27.5. The Balaban J connectivity index is 1.18. The number of likely N-dealkylation sites (tertiary alicyclic amines) is 1. The SMILES string of the molecule is O=C1CC2(CCN(CC3COc4ccccc4O3)CC2)C(=O)N1N1CCCCCC1. The Morgan fingerprint density at radius 3 is 2.37 bits per heavy atom. The first-order valence-electron chi connectivity index (χ1n) is 11.4. The van der Waals surface area contributed by atoms with E-state index in [1.165, 1.54) is 17.9 Å². The molecular weight excluding hydrogens is 382 g/mol. The van der Waals surface area contributed by atoms with Gasteiger partial charge in [-0.2, -0.15) is 0 Å². The predicted octanol–water partition coefficient (Wildman–Crippen LogP) is 2.46. The zero-order valence-electron chi connectivity index (χ0n) is 17.6. The number of hydrazine groups is 1. The van der Waals surface area contributed by atoms with Gasteiger partial charge in [0.2, 0.25) is 5.91 Å². The number of imide groups is 1. The van der Waals surface area contributed by atoms with Crippen LogP contribution in [0, 0.1) is 5.41 Å². The van der Waals surface area contributed by atoms with Gasteiger partial charge in [-0.25, -0.2) is 10.0 Å². The molecule has 1 atom stereocenters. The molecule has 3 fully saturated rings. The van der Waals surface area contributed by atoms with Crippen molar-refractivity contribution in [1.82, 2.24) is 14.9 Å². The van der Waals surface area contributed by atoms with Crippen molar-refractivity contribution in [2.75, 3.05) is 39.3 Å². The molecular formula is C23H31N3O4. The summed E-state index contributed by atoms with van der Waals surface area (Å²) in [6, 6.07) is 7.76. The molecule has 0 aromatic heterocycles. The molecule has 7 heteroatoms. The number of rotatable bonds is 3.